The van der Waals surface area contributed by atoms with Gasteiger partial charge >= 0.3 is 0 Å². The highest BCUT2D eigenvalue weighted by molar-refractivity contribution is 4.70. The Balaban J connectivity index is 2.89. The zero-order valence-corrected chi connectivity index (χ0v) is 7.11. The fourth-order valence-corrected chi connectivity index (χ4v) is 0.648. The molecule has 59 valence electrons. The van der Waals surface area contributed by atoms with Crippen molar-refractivity contribution in [2.24, 2.45) is 0 Å². The molecule has 1 N–H and O–H groups in total. The van der Waals surface area contributed by atoms with Crippen LogP contribution >= 0.6 is 0 Å². The standard InChI is InChI=1S/C9H18N/c1-3-5-6-7-9-10-8-4-2/h7,10H,3-6,8H2,1-2H3. The van der Waals surface area contributed by atoms with Crippen LogP contribution in [0.15, 0.2) is 6.08 Å². The van der Waals surface area contributed by atoms with Crippen LogP contribution < -0.4 is 5.32 Å². The summed E-state index contributed by atoms with van der Waals surface area (Å²) in [6.45, 7) is 5.40. The lowest BCUT2D eigenvalue weighted by Gasteiger charge is -1.93. The predicted octanol–water partition coefficient (Wildman–Crippen LogP) is 2.49. The molecule has 0 aliphatic carbocycles. The number of rotatable bonds is 6. The molecule has 1 heteroatoms. The molecule has 0 aromatic carbocycles. The summed E-state index contributed by atoms with van der Waals surface area (Å²) in [6.07, 6.45) is 10.0. The van der Waals surface area contributed by atoms with Crippen molar-refractivity contribution in [1.29, 1.82) is 0 Å². The van der Waals surface area contributed by atoms with Crippen LogP contribution in [0.25, 0.3) is 0 Å². The fraction of sp³-hybridized carbons (Fsp3) is 0.778. The van der Waals surface area contributed by atoms with Crippen molar-refractivity contribution >= 4 is 0 Å². The van der Waals surface area contributed by atoms with Gasteiger partial charge in [0.25, 0.3) is 0 Å². The minimum absolute atomic E-state index is 1.04. The molecule has 1 nitrogen and oxygen atoms in total. The van der Waals surface area contributed by atoms with E-state index in [1.54, 1.807) is 0 Å². The van der Waals surface area contributed by atoms with E-state index in [0.29, 0.717) is 0 Å². The molecule has 0 aliphatic heterocycles. The molecule has 0 aliphatic rings. The summed E-state index contributed by atoms with van der Waals surface area (Å²) in [5.74, 6) is 0. The number of allylic oxidation sites excluding steroid dienone is 1. The minimum Gasteiger partial charge on any atom is -0.384 e. The molecule has 0 heterocycles. The van der Waals surface area contributed by atoms with Crippen molar-refractivity contribution in [3.05, 3.63) is 12.3 Å². The van der Waals surface area contributed by atoms with Gasteiger partial charge in [0.05, 0.1) is 6.20 Å². The second kappa shape index (κ2) is 8.54. The van der Waals surface area contributed by atoms with Crippen LogP contribution in [0.2, 0.25) is 0 Å². The van der Waals surface area contributed by atoms with E-state index in [9.17, 15) is 0 Å². The van der Waals surface area contributed by atoms with Crippen LogP contribution in [0, 0.1) is 6.20 Å². The highest BCUT2D eigenvalue weighted by Crippen LogP contribution is 1.92. The summed E-state index contributed by atoms with van der Waals surface area (Å²) in [4.78, 5) is 0. The maximum Gasteiger partial charge on any atom is 0.0532 e. The number of nitrogens with one attached hydrogen (secondary N) is 1. The third kappa shape index (κ3) is 7.54. The topological polar surface area (TPSA) is 12.0 Å². The Labute approximate surface area is 64.5 Å². The average Bonchev–Trinajstić information content (AvgIpc) is 1.97. The summed E-state index contributed by atoms with van der Waals surface area (Å²) < 4.78 is 0. The van der Waals surface area contributed by atoms with Crippen LogP contribution in [0.1, 0.15) is 39.5 Å². The molecule has 0 spiro atoms. The quantitative estimate of drug-likeness (QED) is 0.441. The van der Waals surface area contributed by atoms with Crippen molar-refractivity contribution in [3.63, 3.8) is 0 Å². The van der Waals surface area contributed by atoms with Gasteiger partial charge in [0.1, 0.15) is 0 Å². The molecule has 10 heavy (non-hydrogen) atoms. The monoisotopic (exact) mass is 140 g/mol. The Kier molecular flexibility index (Phi) is 8.15. The van der Waals surface area contributed by atoms with E-state index < -0.39 is 0 Å². The summed E-state index contributed by atoms with van der Waals surface area (Å²) >= 11 is 0. The minimum atomic E-state index is 1.04. The van der Waals surface area contributed by atoms with E-state index >= 15 is 0 Å². The van der Waals surface area contributed by atoms with Gasteiger partial charge < -0.3 is 5.32 Å². The Morgan fingerprint density at radius 1 is 1.30 bits per heavy atom. The van der Waals surface area contributed by atoms with Gasteiger partial charge in [-0.2, -0.15) is 0 Å². The molecule has 0 unspecified atom stereocenters. The predicted molar refractivity (Wildman–Crippen MR) is 45.6 cm³/mol. The van der Waals surface area contributed by atoms with Crippen LogP contribution in [0.5, 0.6) is 0 Å². The van der Waals surface area contributed by atoms with Gasteiger partial charge in [0, 0.05) is 6.54 Å². The fourth-order valence-electron chi connectivity index (χ4n) is 0.648. The zero-order chi connectivity index (χ0) is 7.66. The number of unbranched alkanes of at least 4 members (excludes halogenated alkanes) is 2. The summed E-state index contributed by atoms with van der Waals surface area (Å²) in [6, 6.07) is 0. The Bertz CT molecular complexity index is 66.8. The van der Waals surface area contributed by atoms with E-state index in [2.05, 4.69) is 31.4 Å². The van der Waals surface area contributed by atoms with Gasteiger partial charge in [0.2, 0.25) is 0 Å². The van der Waals surface area contributed by atoms with Crippen LogP contribution in [-0.2, 0) is 0 Å². The van der Waals surface area contributed by atoms with Crippen molar-refractivity contribution in [2.75, 3.05) is 6.54 Å². The lowest BCUT2D eigenvalue weighted by atomic mass is 10.2. The second-order valence-corrected chi connectivity index (χ2v) is 2.42. The Morgan fingerprint density at radius 2 is 2.10 bits per heavy atom. The molecule has 1 radical (unpaired) electrons. The molecule has 0 fully saturated rings. The molecule has 0 amide bonds. The first-order chi connectivity index (χ1) is 4.91. The van der Waals surface area contributed by atoms with E-state index in [-0.39, 0.29) is 0 Å². The van der Waals surface area contributed by atoms with Gasteiger partial charge in [-0.1, -0.05) is 26.3 Å². The maximum absolute atomic E-state index is 3.09. The van der Waals surface area contributed by atoms with E-state index in [1.165, 1.54) is 19.3 Å². The third-order valence-electron chi connectivity index (χ3n) is 1.28. The average molecular weight is 140 g/mol. The Hall–Kier alpha value is -0.460. The molecule has 0 rings (SSSR count). The number of hydrogen-bond acceptors (Lipinski definition) is 1. The van der Waals surface area contributed by atoms with Crippen LogP contribution in [0.4, 0.5) is 0 Å². The molecule has 0 aromatic heterocycles. The number of hydrogen-bond donors (Lipinski definition) is 1. The highest BCUT2D eigenvalue weighted by Gasteiger charge is 1.77. The largest absolute Gasteiger partial charge is 0.384 e. The first-order valence-electron chi connectivity index (χ1n) is 4.21. The molecule has 0 atom stereocenters. The molecular formula is C9H18N. The van der Waals surface area contributed by atoms with Crippen LogP contribution in [0.3, 0.4) is 0 Å². The molecule has 0 aromatic rings. The second-order valence-electron chi connectivity index (χ2n) is 2.42. The summed E-state index contributed by atoms with van der Waals surface area (Å²) in [5.41, 5.74) is 0. The van der Waals surface area contributed by atoms with Gasteiger partial charge in [-0.05, 0) is 19.3 Å². The smallest absolute Gasteiger partial charge is 0.0532 e. The first-order valence-corrected chi connectivity index (χ1v) is 4.21. The van der Waals surface area contributed by atoms with Gasteiger partial charge in [-0.25, -0.2) is 0 Å². The summed E-state index contributed by atoms with van der Waals surface area (Å²) in [7, 11) is 0. The molecule has 0 saturated heterocycles. The molecule has 0 bridgehead atoms. The zero-order valence-electron chi connectivity index (χ0n) is 7.11. The van der Waals surface area contributed by atoms with E-state index in [0.717, 1.165) is 13.0 Å². The lowest BCUT2D eigenvalue weighted by molar-refractivity contribution is 0.772. The van der Waals surface area contributed by atoms with Crippen molar-refractivity contribution < 1.29 is 0 Å². The Morgan fingerprint density at radius 3 is 2.70 bits per heavy atom. The van der Waals surface area contributed by atoms with Crippen LogP contribution in [-0.4, -0.2) is 6.54 Å². The van der Waals surface area contributed by atoms with Crippen molar-refractivity contribution in [3.8, 4) is 0 Å². The van der Waals surface area contributed by atoms with Crippen molar-refractivity contribution in [2.45, 2.75) is 39.5 Å². The van der Waals surface area contributed by atoms with Gasteiger partial charge in [-0.3, -0.25) is 0 Å². The molecule has 0 saturated carbocycles. The third-order valence-corrected chi connectivity index (χ3v) is 1.28. The SMILES string of the molecule is CCCC/C=[C]\NCCC. The van der Waals surface area contributed by atoms with E-state index in [1.807, 2.05) is 0 Å². The normalized spacial score (nSPS) is 10.6. The first kappa shape index (κ1) is 9.54. The van der Waals surface area contributed by atoms with E-state index in [4.69, 9.17) is 0 Å². The summed E-state index contributed by atoms with van der Waals surface area (Å²) in [5, 5.41) is 3.09. The highest BCUT2D eigenvalue weighted by atomic mass is 14.8. The van der Waals surface area contributed by atoms with Gasteiger partial charge in [-0.15, -0.1) is 0 Å². The van der Waals surface area contributed by atoms with Crippen molar-refractivity contribution in [1.82, 2.24) is 5.32 Å². The lowest BCUT2D eigenvalue weighted by Crippen LogP contribution is -2.05. The maximum atomic E-state index is 3.09. The molecular weight excluding hydrogens is 122 g/mol. The van der Waals surface area contributed by atoms with Gasteiger partial charge in [0.15, 0.2) is 0 Å².